The molecule has 2 rings (SSSR count). The third-order valence-corrected chi connectivity index (χ3v) is 4.20. The molecule has 102 valence electrons. The molecule has 7 heteroatoms. The highest BCUT2D eigenvalue weighted by atomic mass is 35.5. The Morgan fingerprint density at radius 2 is 2.16 bits per heavy atom. The van der Waals surface area contributed by atoms with E-state index in [9.17, 15) is 8.42 Å². The Morgan fingerprint density at radius 1 is 1.37 bits per heavy atom. The van der Waals surface area contributed by atoms with Crippen molar-refractivity contribution in [1.29, 1.82) is 0 Å². The fraction of sp³-hybridized carbons (Fsp3) is 0.250. The standard InChI is InChI=1S/C12H14ClN3O2S/c1-19(17,18)12-4-2-3-11(13)10(12)8-14-5-9-6-15-16-7-9/h2-4,6-7,14H,5,8H2,1H3,(H,15,16). The molecule has 1 aromatic heterocycles. The van der Waals surface area contributed by atoms with Crippen LogP contribution in [-0.2, 0) is 22.9 Å². The lowest BCUT2D eigenvalue weighted by Crippen LogP contribution is -2.15. The molecule has 2 aromatic rings. The van der Waals surface area contributed by atoms with Crippen LogP contribution >= 0.6 is 11.6 Å². The van der Waals surface area contributed by atoms with E-state index in [4.69, 9.17) is 11.6 Å². The van der Waals surface area contributed by atoms with Gasteiger partial charge in [0.05, 0.1) is 11.1 Å². The normalized spacial score (nSPS) is 11.7. The number of rotatable bonds is 5. The molecule has 0 saturated carbocycles. The Kier molecular flexibility index (Phi) is 4.24. The molecule has 0 aliphatic rings. The minimum atomic E-state index is -3.28. The van der Waals surface area contributed by atoms with E-state index in [1.165, 1.54) is 6.26 Å². The number of benzene rings is 1. The molecule has 19 heavy (non-hydrogen) atoms. The molecule has 0 radical (unpaired) electrons. The van der Waals surface area contributed by atoms with E-state index >= 15 is 0 Å². The zero-order valence-corrected chi connectivity index (χ0v) is 11.9. The number of nitrogens with one attached hydrogen (secondary N) is 2. The van der Waals surface area contributed by atoms with E-state index in [0.717, 1.165) is 5.56 Å². The fourth-order valence-electron chi connectivity index (χ4n) is 1.76. The topological polar surface area (TPSA) is 74.8 Å². The minimum Gasteiger partial charge on any atom is -0.308 e. The predicted octanol–water partition coefficient (Wildman–Crippen LogP) is 1.76. The van der Waals surface area contributed by atoms with Gasteiger partial charge in [0, 0.05) is 41.7 Å². The molecule has 0 amide bonds. The molecule has 0 atom stereocenters. The Labute approximate surface area is 116 Å². The average molecular weight is 300 g/mol. The van der Waals surface area contributed by atoms with Crippen LogP contribution in [-0.4, -0.2) is 24.9 Å². The molecule has 1 aromatic carbocycles. The van der Waals surface area contributed by atoms with Crippen molar-refractivity contribution in [3.05, 3.63) is 46.7 Å². The van der Waals surface area contributed by atoms with Crippen molar-refractivity contribution < 1.29 is 8.42 Å². The number of hydrogen-bond donors (Lipinski definition) is 2. The van der Waals surface area contributed by atoms with Gasteiger partial charge in [-0.1, -0.05) is 17.7 Å². The van der Waals surface area contributed by atoms with Crippen molar-refractivity contribution in [2.24, 2.45) is 0 Å². The van der Waals surface area contributed by atoms with E-state index in [1.807, 2.05) is 0 Å². The Hall–Kier alpha value is -1.37. The third kappa shape index (κ3) is 3.56. The van der Waals surface area contributed by atoms with Gasteiger partial charge in [-0.15, -0.1) is 0 Å². The van der Waals surface area contributed by atoms with Crippen LogP contribution in [0.2, 0.25) is 5.02 Å². The highest BCUT2D eigenvalue weighted by Crippen LogP contribution is 2.23. The summed E-state index contributed by atoms with van der Waals surface area (Å²) >= 11 is 6.07. The van der Waals surface area contributed by atoms with Crippen LogP contribution in [0, 0.1) is 0 Å². The molecule has 2 N–H and O–H groups in total. The smallest absolute Gasteiger partial charge is 0.175 e. The van der Waals surface area contributed by atoms with Gasteiger partial charge in [-0.25, -0.2) is 8.42 Å². The Bertz CT molecular complexity index is 654. The van der Waals surface area contributed by atoms with Gasteiger partial charge < -0.3 is 5.32 Å². The first-order valence-corrected chi connectivity index (χ1v) is 7.91. The second kappa shape index (κ2) is 5.73. The lowest BCUT2D eigenvalue weighted by atomic mass is 10.2. The first-order valence-electron chi connectivity index (χ1n) is 5.64. The molecule has 0 bridgehead atoms. The van der Waals surface area contributed by atoms with E-state index in [1.54, 1.807) is 30.6 Å². The minimum absolute atomic E-state index is 0.264. The number of halogens is 1. The first kappa shape index (κ1) is 14.0. The van der Waals surface area contributed by atoms with Crippen molar-refractivity contribution in [1.82, 2.24) is 15.5 Å². The summed E-state index contributed by atoms with van der Waals surface area (Å²) in [6.45, 7) is 0.970. The van der Waals surface area contributed by atoms with Crippen molar-refractivity contribution >= 4 is 21.4 Å². The summed E-state index contributed by atoms with van der Waals surface area (Å²) in [5.74, 6) is 0. The molecule has 0 fully saturated rings. The van der Waals surface area contributed by atoms with E-state index in [-0.39, 0.29) is 4.90 Å². The van der Waals surface area contributed by atoms with Gasteiger partial charge in [0.25, 0.3) is 0 Å². The summed E-state index contributed by atoms with van der Waals surface area (Å²) in [5.41, 5.74) is 1.59. The van der Waals surface area contributed by atoms with Crippen LogP contribution in [0.1, 0.15) is 11.1 Å². The quantitative estimate of drug-likeness (QED) is 0.882. The number of H-pyrrole nitrogens is 1. The summed E-state index contributed by atoms with van der Waals surface area (Å²) in [6.07, 6.45) is 4.66. The summed E-state index contributed by atoms with van der Waals surface area (Å²) < 4.78 is 23.4. The lowest BCUT2D eigenvalue weighted by molar-refractivity contribution is 0.598. The van der Waals surface area contributed by atoms with Crippen LogP contribution < -0.4 is 5.32 Å². The maximum atomic E-state index is 11.7. The SMILES string of the molecule is CS(=O)(=O)c1cccc(Cl)c1CNCc1cn[nH]c1. The molecular formula is C12H14ClN3O2S. The molecule has 0 spiro atoms. The molecule has 0 saturated heterocycles. The van der Waals surface area contributed by atoms with E-state index in [2.05, 4.69) is 15.5 Å². The van der Waals surface area contributed by atoms with Crippen molar-refractivity contribution in [2.75, 3.05) is 6.26 Å². The van der Waals surface area contributed by atoms with Crippen LogP contribution in [0.15, 0.2) is 35.5 Å². The van der Waals surface area contributed by atoms with Gasteiger partial charge >= 0.3 is 0 Å². The highest BCUT2D eigenvalue weighted by Gasteiger charge is 2.15. The third-order valence-electron chi connectivity index (χ3n) is 2.66. The largest absolute Gasteiger partial charge is 0.308 e. The molecule has 1 heterocycles. The number of hydrogen-bond acceptors (Lipinski definition) is 4. The average Bonchev–Trinajstić information content (AvgIpc) is 2.82. The Morgan fingerprint density at radius 3 is 2.79 bits per heavy atom. The van der Waals surface area contributed by atoms with Gasteiger partial charge in [-0.05, 0) is 12.1 Å². The van der Waals surface area contributed by atoms with Gasteiger partial charge in [-0.2, -0.15) is 5.10 Å². The molecule has 5 nitrogen and oxygen atoms in total. The molecule has 0 aliphatic heterocycles. The van der Waals surface area contributed by atoms with Gasteiger partial charge in [0.15, 0.2) is 9.84 Å². The molecule has 0 aliphatic carbocycles. The number of nitrogens with zero attached hydrogens (tertiary/aromatic N) is 1. The summed E-state index contributed by atoms with van der Waals surface area (Å²) in [7, 11) is -3.28. The lowest BCUT2D eigenvalue weighted by Gasteiger charge is -2.10. The highest BCUT2D eigenvalue weighted by molar-refractivity contribution is 7.90. The second-order valence-corrected chi connectivity index (χ2v) is 6.59. The zero-order chi connectivity index (χ0) is 13.9. The predicted molar refractivity (Wildman–Crippen MR) is 73.7 cm³/mol. The number of aromatic nitrogens is 2. The maximum absolute atomic E-state index is 11.7. The van der Waals surface area contributed by atoms with Crippen LogP contribution in [0.3, 0.4) is 0 Å². The number of sulfone groups is 1. The zero-order valence-electron chi connectivity index (χ0n) is 10.4. The summed E-state index contributed by atoms with van der Waals surface area (Å²) in [5, 5.41) is 10.1. The van der Waals surface area contributed by atoms with E-state index in [0.29, 0.717) is 23.7 Å². The molecular weight excluding hydrogens is 286 g/mol. The van der Waals surface area contributed by atoms with E-state index < -0.39 is 9.84 Å². The van der Waals surface area contributed by atoms with Crippen LogP contribution in [0.5, 0.6) is 0 Å². The second-order valence-electron chi connectivity index (χ2n) is 4.20. The van der Waals surface area contributed by atoms with Crippen LogP contribution in [0.25, 0.3) is 0 Å². The van der Waals surface area contributed by atoms with Crippen LogP contribution in [0.4, 0.5) is 0 Å². The van der Waals surface area contributed by atoms with Crippen molar-refractivity contribution in [2.45, 2.75) is 18.0 Å². The first-order chi connectivity index (χ1) is 8.98. The van der Waals surface area contributed by atoms with Crippen molar-refractivity contribution in [3.63, 3.8) is 0 Å². The molecule has 0 unspecified atom stereocenters. The number of aromatic amines is 1. The summed E-state index contributed by atoms with van der Waals surface area (Å²) in [6, 6.07) is 4.89. The Balaban J connectivity index is 2.15. The fourth-order valence-corrected chi connectivity index (χ4v) is 3.02. The van der Waals surface area contributed by atoms with Gasteiger partial charge in [0.1, 0.15) is 0 Å². The van der Waals surface area contributed by atoms with Crippen molar-refractivity contribution in [3.8, 4) is 0 Å². The van der Waals surface area contributed by atoms with Gasteiger partial charge in [0.2, 0.25) is 0 Å². The monoisotopic (exact) mass is 299 g/mol. The maximum Gasteiger partial charge on any atom is 0.175 e. The summed E-state index contributed by atoms with van der Waals surface area (Å²) in [4.78, 5) is 0.264. The van der Waals surface area contributed by atoms with Gasteiger partial charge in [-0.3, -0.25) is 5.10 Å².